The Morgan fingerprint density at radius 2 is 1.87 bits per heavy atom. The Morgan fingerprint density at radius 3 is 2.61 bits per heavy atom. The molecule has 2 aromatic heterocycles. The van der Waals surface area contributed by atoms with Crippen LogP contribution in [0.1, 0.15) is 18.4 Å². The normalized spacial score (nSPS) is 19.2. The number of anilines is 1. The fraction of sp³-hybridized carbons (Fsp3) is 0.391. The third-order valence-corrected chi connectivity index (χ3v) is 5.96. The van der Waals surface area contributed by atoms with Crippen molar-refractivity contribution < 1.29 is 9.53 Å². The van der Waals surface area contributed by atoms with Crippen LogP contribution in [0.5, 0.6) is 0 Å². The molecular formula is C23H25N5O3. The van der Waals surface area contributed by atoms with Crippen LogP contribution in [0.15, 0.2) is 53.5 Å². The van der Waals surface area contributed by atoms with Crippen molar-refractivity contribution >= 4 is 22.9 Å². The smallest absolute Gasteiger partial charge is 0.295 e. The van der Waals surface area contributed by atoms with Crippen LogP contribution in [0.25, 0.3) is 11.2 Å². The van der Waals surface area contributed by atoms with Crippen LogP contribution in [0.2, 0.25) is 0 Å². The van der Waals surface area contributed by atoms with E-state index < -0.39 is 0 Å². The van der Waals surface area contributed by atoms with Gasteiger partial charge in [0, 0.05) is 39.0 Å². The first-order valence-electron chi connectivity index (χ1n) is 10.8. The first-order valence-corrected chi connectivity index (χ1v) is 10.8. The van der Waals surface area contributed by atoms with Gasteiger partial charge in [-0.25, -0.2) is 9.97 Å². The zero-order valence-corrected chi connectivity index (χ0v) is 17.3. The van der Waals surface area contributed by atoms with E-state index in [9.17, 15) is 9.59 Å². The summed E-state index contributed by atoms with van der Waals surface area (Å²) in [6.45, 7) is 3.34. The third-order valence-electron chi connectivity index (χ3n) is 5.96. The highest BCUT2D eigenvalue weighted by Gasteiger charge is 2.31. The Bertz CT molecular complexity index is 1130. The fourth-order valence-electron chi connectivity index (χ4n) is 4.30. The Hall–Kier alpha value is -3.26. The van der Waals surface area contributed by atoms with Gasteiger partial charge in [0.25, 0.3) is 11.5 Å². The zero-order valence-electron chi connectivity index (χ0n) is 17.3. The number of amides is 1. The predicted molar refractivity (Wildman–Crippen MR) is 117 cm³/mol. The van der Waals surface area contributed by atoms with E-state index in [0.29, 0.717) is 56.3 Å². The number of nitrogens with zero attached hydrogens (tertiary/aromatic N) is 5. The SMILES string of the molecule is O=C([C@H]1CCCO1)N1CCN(c2nc3cccnc3n(Cc3ccccc3)c2=O)CC1. The molecule has 3 aromatic rings. The molecule has 1 atom stereocenters. The molecular weight excluding hydrogens is 394 g/mol. The molecule has 2 aliphatic heterocycles. The summed E-state index contributed by atoms with van der Waals surface area (Å²) >= 11 is 0. The summed E-state index contributed by atoms with van der Waals surface area (Å²) in [6.07, 6.45) is 3.11. The number of piperazine rings is 1. The third kappa shape index (κ3) is 3.90. The van der Waals surface area contributed by atoms with Gasteiger partial charge in [-0.15, -0.1) is 0 Å². The van der Waals surface area contributed by atoms with Crippen molar-refractivity contribution in [2.45, 2.75) is 25.5 Å². The molecule has 0 spiro atoms. The fourth-order valence-corrected chi connectivity index (χ4v) is 4.30. The molecule has 2 saturated heterocycles. The van der Waals surface area contributed by atoms with E-state index in [0.717, 1.165) is 18.4 Å². The molecule has 160 valence electrons. The molecule has 0 unspecified atom stereocenters. The summed E-state index contributed by atoms with van der Waals surface area (Å²) < 4.78 is 7.23. The second kappa shape index (κ2) is 8.47. The quantitative estimate of drug-likeness (QED) is 0.640. The molecule has 4 heterocycles. The number of ether oxygens (including phenoxy) is 1. The van der Waals surface area contributed by atoms with Crippen LogP contribution in [0.3, 0.4) is 0 Å². The van der Waals surface area contributed by atoms with Crippen LogP contribution in [0.4, 0.5) is 5.82 Å². The van der Waals surface area contributed by atoms with Gasteiger partial charge in [0.2, 0.25) is 0 Å². The van der Waals surface area contributed by atoms with Gasteiger partial charge in [-0.05, 0) is 30.5 Å². The predicted octanol–water partition coefficient (Wildman–Crippen LogP) is 1.67. The van der Waals surface area contributed by atoms with E-state index in [1.54, 1.807) is 10.8 Å². The van der Waals surface area contributed by atoms with Gasteiger partial charge < -0.3 is 14.5 Å². The van der Waals surface area contributed by atoms with Crippen molar-refractivity contribution in [2.24, 2.45) is 0 Å². The lowest BCUT2D eigenvalue weighted by atomic mass is 10.2. The molecule has 0 aliphatic carbocycles. The largest absolute Gasteiger partial charge is 0.368 e. The zero-order chi connectivity index (χ0) is 21.2. The van der Waals surface area contributed by atoms with Crippen molar-refractivity contribution in [3.63, 3.8) is 0 Å². The lowest BCUT2D eigenvalue weighted by molar-refractivity contribution is -0.141. The van der Waals surface area contributed by atoms with Crippen molar-refractivity contribution in [3.8, 4) is 0 Å². The summed E-state index contributed by atoms with van der Waals surface area (Å²) in [6, 6.07) is 13.6. The van der Waals surface area contributed by atoms with Gasteiger partial charge >= 0.3 is 0 Å². The van der Waals surface area contributed by atoms with E-state index in [-0.39, 0.29) is 17.6 Å². The Labute approximate surface area is 180 Å². The van der Waals surface area contributed by atoms with Crippen LogP contribution in [-0.4, -0.2) is 64.2 Å². The minimum absolute atomic E-state index is 0.0642. The standard InChI is InChI=1S/C23H25N5O3/c29-22(19-9-5-15-31-19)27-13-11-26(12-14-27)21-23(30)28(16-17-6-2-1-3-7-17)20-18(25-21)8-4-10-24-20/h1-4,6-8,10,19H,5,9,11-16H2/t19-/m1/s1. The highest BCUT2D eigenvalue weighted by molar-refractivity contribution is 5.81. The van der Waals surface area contributed by atoms with Crippen molar-refractivity contribution in [3.05, 3.63) is 64.6 Å². The molecule has 2 fully saturated rings. The molecule has 1 amide bonds. The number of carbonyl (C=O) groups is 1. The molecule has 0 saturated carbocycles. The van der Waals surface area contributed by atoms with Gasteiger partial charge in [0.05, 0.1) is 6.54 Å². The summed E-state index contributed by atoms with van der Waals surface area (Å²) in [5.74, 6) is 0.481. The van der Waals surface area contributed by atoms with E-state index in [1.807, 2.05) is 52.3 Å². The molecule has 0 N–H and O–H groups in total. The number of benzene rings is 1. The maximum Gasteiger partial charge on any atom is 0.295 e. The van der Waals surface area contributed by atoms with E-state index in [1.165, 1.54) is 0 Å². The Kier molecular flexibility index (Phi) is 5.38. The molecule has 8 nitrogen and oxygen atoms in total. The number of aromatic nitrogens is 3. The second-order valence-corrected chi connectivity index (χ2v) is 7.97. The van der Waals surface area contributed by atoms with Crippen molar-refractivity contribution in [1.29, 1.82) is 0 Å². The summed E-state index contributed by atoms with van der Waals surface area (Å²) in [4.78, 5) is 39.0. The van der Waals surface area contributed by atoms with E-state index in [2.05, 4.69) is 9.97 Å². The number of hydrogen-bond donors (Lipinski definition) is 0. The summed E-state index contributed by atoms with van der Waals surface area (Å²) in [7, 11) is 0. The minimum Gasteiger partial charge on any atom is -0.368 e. The topological polar surface area (TPSA) is 80.6 Å². The highest BCUT2D eigenvalue weighted by Crippen LogP contribution is 2.19. The lowest BCUT2D eigenvalue weighted by Gasteiger charge is -2.36. The lowest BCUT2D eigenvalue weighted by Crippen LogP contribution is -2.52. The minimum atomic E-state index is -0.306. The monoisotopic (exact) mass is 419 g/mol. The number of pyridine rings is 1. The molecule has 1 aromatic carbocycles. The Morgan fingerprint density at radius 1 is 1.06 bits per heavy atom. The van der Waals surface area contributed by atoms with Gasteiger partial charge in [-0.3, -0.25) is 14.2 Å². The average Bonchev–Trinajstić information content (AvgIpc) is 3.36. The molecule has 8 heteroatoms. The number of carbonyl (C=O) groups excluding carboxylic acids is 1. The van der Waals surface area contributed by atoms with Gasteiger partial charge in [-0.1, -0.05) is 30.3 Å². The maximum atomic E-state index is 13.4. The number of rotatable bonds is 4. The Balaban J connectivity index is 1.42. The summed E-state index contributed by atoms with van der Waals surface area (Å²) in [5.41, 5.74) is 2.13. The molecule has 5 rings (SSSR count). The first kappa shape index (κ1) is 19.7. The average molecular weight is 419 g/mol. The van der Waals surface area contributed by atoms with Gasteiger partial charge in [0.1, 0.15) is 11.6 Å². The van der Waals surface area contributed by atoms with Crippen LogP contribution in [0, 0.1) is 0 Å². The summed E-state index contributed by atoms with van der Waals surface area (Å²) in [5, 5.41) is 0. The molecule has 31 heavy (non-hydrogen) atoms. The molecule has 0 bridgehead atoms. The van der Waals surface area contributed by atoms with E-state index >= 15 is 0 Å². The van der Waals surface area contributed by atoms with Crippen molar-refractivity contribution in [2.75, 3.05) is 37.7 Å². The van der Waals surface area contributed by atoms with Crippen LogP contribution >= 0.6 is 0 Å². The van der Waals surface area contributed by atoms with E-state index in [4.69, 9.17) is 4.74 Å². The van der Waals surface area contributed by atoms with Crippen molar-refractivity contribution in [1.82, 2.24) is 19.4 Å². The number of fused-ring (bicyclic) bond motifs is 1. The first-order chi connectivity index (χ1) is 15.2. The van der Waals surface area contributed by atoms with Crippen LogP contribution < -0.4 is 10.5 Å². The molecule has 2 aliphatic rings. The second-order valence-electron chi connectivity index (χ2n) is 7.97. The van der Waals surface area contributed by atoms with Crippen LogP contribution in [-0.2, 0) is 16.1 Å². The highest BCUT2D eigenvalue weighted by atomic mass is 16.5. The van der Waals surface area contributed by atoms with Gasteiger partial charge in [-0.2, -0.15) is 0 Å². The molecule has 0 radical (unpaired) electrons. The number of hydrogen-bond acceptors (Lipinski definition) is 6. The maximum absolute atomic E-state index is 13.4. The van der Waals surface area contributed by atoms with Gasteiger partial charge in [0.15, 0.2) is 11.5 Å².